The number of nitrogens with one attached hydrogen (secondary N) is 1. The molecule has 17 atom stereocenters. The summed E-state index contributed by atoms with van der Waals surface area (Å²) < 4.78 is 34.0. The smallest absolute Gasteiger partial charge is 0.220 e. The molecule has 0 spiro atoms. The van der Waals surface area contributed by atoms with Gasteiger partial charge in [0.1, 0.15) is 73.2 Å². The van der Waals surface area contributed by atoms with Crippen molar-refractivity contribution in [1.82, 2.24) is 5.32 Å². The Labute approximate surface area is 409 Å². The van der Waals surface area contributed by atoms with Crippen LogP contribution in [0.3, 0.4) is 0 Å². The second-order valence-corrected chi connectivity index (χ2v) is 18.6. The minimum Gasteiger partial charge on any atom is -0.394 e. The summed E-state index contributed by atoms with van der Waals surface area (Å²) in [5.74, 6) is -0.295. The molecule has 3 saturated heterocycles. The van der Waals surface area contributed by atoms with Gasteiger partial charge in [-0.25, -0.2) is 0 Å². The van der Waals surface area contributed by atoms with Crippen LogP contribution < -0.4 is 5.32 Å². The number of hydrogen-bond donors (Lipinski definition) is 12. The minimum atomic E-state index is -1.98. The van der Waals surface area contributed by atoms with E-state index in [0.29, 0.717) is 6.42 Å². The average Bonchev–Trinajstić information content (AvgIpc) is 3.34. The van der Waals surface area contributed by atoms with E-state index in [0.717, 1.165) is 70.6 Å². The molecular formula is C50H89NO18. The molecule has 3 aliphatic rings. The lowest BCUT2D eigenvalue weighted by Gasteiger charge is -2.48. The Morgan fingerprint density at radius 3 is 1.51 bits per heavy atom. The van der Waals surface area contributed by atoms with Gasteiger partial charge >= 0.3 is 0 Å². The fourth-order valence-electron chi connectivity index (χ4n) is 8.57. The quantitative estimate of drug-likeness (QED) is 0.0318. The summed E-state index contributed by atoms with van der Waals surface area (Å²) in [6.07, 6.45) is 5.89. The van der Waals surface area contributed by atoms with Crippen LogP contribution in [0.4, 0.5) is 0 Å². The molecule has 19 nitrogen and oxygen atoms in total. The minimum absolute atomic E-state index is 0.226. The van der Waals surface area contributed by atoms with Crippen molar-refractivity contribution >= 4 is 5.91 Å². The normalized spacial score (nSPS) is 33.1. The van der Waals surface area contributed by atoms with Crippen LogP contribution in [-0.2, 0) is 33.2 Å². The highest BCUT2D eigenvalue weighted by Gasteiger charge is 2.53. The summed E-state index contributed by atoms with van der Waals surface area (Å²) in [7, 11) is 0. The molecule has 0 radical (unpaired) electrons. The number of aliphatic hydroxyl groups is 11. The first kappa shape index (κ1) is 61.3. The van der Waals surface area contributed by atoms with Crippen molar-refractivity contribution in [2.24, 2.45) is 0 Å². The Bertz CT molecular complexity index is 1420. The van der Waals surface area contributed by atoms with Crippen molar-refractivity contribution in [3.8, 4) is 0 Å². The summed E-state index contributed by atoms with van der Waals surface area (Å²) in [5.41, 5.74) is 0. The van der Waals surface area contributed by atoms with E-state index in [2.05, 4.69) is 43.5 Å². The molecule has 0 aliphatic carbocycles. The lowest BCUT2D eigenvalue weighted by molar-refractivity contribution is -0.379. The van der Waals surface area contributed by atoms with E-state index in [4.69, 9.17) is 28.4 Å². The number of rotatable bonds is 35. The Hall–Kier alpha value is -1.99. The molecule has 402 valence electrons. The highest BCUT2D eigenvalue weighted by atomic mass is 16.8. The summed E-state index contributed by atoms with van der Waals surface area (Å²) in [6.45, 7) is 1.60. The van der Waals surface area contributed by atoms with Gasteiger partial charge in [0.05, 0.1) is 38.6 Å². The summed E-state index contributed by atoms with van der Waals surface area (Å²) >= 11 is 0. The monoisotopic (exact) mass is 992 g/mol. The van der Waals surface area contributed by atoms with Crippen molar-refractivity contribution in [1.29, 1.82) is 0 Å². The zero-order chi connectivity index (χ0) is 50.6. The zero-order valence-corrected chi connectivity index (χ0v) is 41.0. The highest BCUT2D eigenvalue weighted by molar-refractivity contribution is 5.76. The Morgan fingerprint density at radius 1 is 0.522 bits per heavy atom. The molecule has 17 unspecified atom stereocenters. The summed E-state index contributed by atoms with van der Waals surface area (Å²) in [5, 5.41) is 119. The van der Waals surface area contributed by atoms with Crippen molar-refractivity contribution < 1.29 is 89.4 Å². The maximum atomic E-state index is 13.2. The molecule has 69 heavy (non-hydrogen) atoms. The number of allylic oxidation sites excluding steroid dienone is 5. The summed E-state index contributed by atoms with van der Waals surface area (Å²) in [4.78, 5) is 13.2. The third-order valence-electron chi connectivity index (χ3n) is 12.9. The van der Waals surface area contributed by atoms with Crippen LogP contribution in [0.2, 0.25) is 0 Å². The lowest BCUT2D eigenvalue weighted by atomic mass is 9.96. The van der Waals surface area contributed by atoms with Gasteiger partial charge in [0.15, 0.2) is 18.9 Å². The van der Waals surface area contributed by atoms with Crippen molar-refractivity contribution in [2.45, 2.75) is 247 Å². The number of ether oxygens (including phenoxy) is 6. The van der Waals surface area contributed by atoms with Crippen LogP contribution in [-0.4, -0.2) is 193 Å². The number of carbonyl (C=O) groups is 1. The van der Waals surface area contributed by atoms with Gasteiger partial charge in [0.25, 0.3) is 0 Å². The molecule has 0 aromatic heterocycles. The van der Waals surface area contributed by atoms with Crippen LogP contribution >= 0.6 is 0 Å². The van der Waals surface area contributed by atoms with E-state index in [1.165, 1.54) is 44.9 Å². The number of unbranched alkanes of at least 4 members (excludes halogenated alkanes) is 15. The Morgan fingerprint density at radius 2 is 0.957 bits per heavy atom. The number of aliphatic hydroxyl groups excluding tert-OH is 11. The van der Waals surface area contributed by atoms with Crippen LogP contribution in [0.5, 0.6) is 0 Å². The van der Waals surface area contributed by atoms with Crippen LogP contribution in [0.25, 0.3) is 0 Å². The Balaban J connectivity index is 1.56. The van der Waals surface area contributed by atoms with Gasteiger partial charge in [-0.3, -0.25) is 4.79 Å². The maximum absolute atomic E-state index is 13.2. The number of amides is 1. The van der Waals surface area contributed by atoms with Crippen molar-refractivity contribution in [2.75, 3.05) is 26.4 Å². The third-order valence-corrected chi connectivity index (χ3v) is 12.9. The fraction of sp³-hybridized carbons (Fsp3) is 0.860. The molecule has 3 rings (SSSR count). The van der Waals surface area contributed by atoms with E-state index < -0.39 is 124 Å². The average molecular weight is 992 g/mol. The first-order valence-corrected chi connectivity index (χ1v) is 25.7. The van der Waals surface area contributed by atoms with Gasteiger partial charge in [-0.2, -0.15) is 0 Å². The topological polar surface area (TPSA) is 307 Å². The molecule has 0 aromatic carbocycles. The molecule has 12 N–H and O–H groups in total. The summed E-state index contributed by atoms with van der Waals surface area (Å²) in [6, 6.07) is -0.976. The van der Waals surface area contributed by atoms with Crippen LogP contribution in [0.1, 0.15) is 142 Å². The van der Waals surface area contributed by atoms with Gasteiger partial charge in [0, 0.05) is 6.42 Å². The van der Waals surface area contributed by atoms with Gasteiger partial charge in [-0.05, 0) is 51.4 Å². The molecule has 3 aliphatic heterocycles. The predicted octanol–water partition coefficient (Wildman–Crippen LogP) is 1.81. The Kier molecular flexibility index (Phi) is 31.3. The first-order valence-electron chi connectivity index (χ1n) is 25.7. The molecule has 1 amide bonds. The van der Waals surface area contributed by atoms with Gasteiger partial charge in [-0.1, -0.05) is 121 Å². The molecule has 0 saturated carbocycles. The van der Waals surface area contributed by atoms with Gasteiger partial charge in [-0.15, -0.1) is 0 Å². The molecule has 3 heterocycles. The molecule has 0 aromatic rings. The molecular weight excluding hydrogens is 903 g/mol. The number of hydrogen-bond acceptors (Lipinski definition) is 18. The van der Waals surface area contributed by atoms with E-state index in [-0.39, 0.29) is 18.9 Å². The van der Waals surface area contributed by atoms with Gasteiger partial charge < -0.3 is 89.9 Å². The standard InChI is InChI=1S/C50H89NO18/c1-3-5-7-9-11-13-14-15-16-17-18-20-22-24-26-28-38(56)51-33(34(55)27-25-23-21-19-12-10-8-6-4-2)32-64-48-44(62)41(59)46(36(30-53)66-48)69-50-45(63)42(60)47(37(31-54)67-50)68-49-43(61)40(58)39(57)35(29-52)65-49/h11,13,15-16,25,27,33-37,39-50,52-55,57-63H,3-10,12,14,17-24,26,28-32H2,1-2H3,(H,51,56)/b13-11-,16-15-,27-25+. The highest BCUT2D eigenvalue weighted by Crippen LogP contribution is 2.33. The molecule has 3 fully saturated rings. The number of carbonyl (C=O) groups excluding carboxylic acids is 1. The molecule has 0 bridgehead atoms. The second kappa shape index (κ2) is 35.2. The van der Waals surface area contributed by atoms with E-state index in [1.54, 1.807) is 6.08 Å². The molecule has 19 heteroatoms. The maximum Gasteiger partial charge on any atom is 0.220 e. The fourth-order valence-corrected chi connectivity index (χ4v) is 8.57. The largest absolute Gasteiger partial charge is 0.394 e. The van der Waals surface area contributed by atoms with Crippen molar-refractivity contribution in [3.05, 3.63) is 36.5 Å². The SMILES string of the molecule is CCCCC/C=C\C/C=C\CCCCCCCC(=O)NC(COC1OC(CO)C(OC2OC(CO)C(OC3OC(CO)C(O)C(O)C3O)C(O)C2O)C(O)C1O)C(O)/C=C/CCCCCCCCC. The van der Waals surface area contributed by atoms with E-state index >= 15 is 0 Å². The third kappa shape index (κ3) is 21.2. The van der Waals surface area contributed by atoms with Crippen LogP contribution in [0.15, 0.2) is 36.5 Å². The van der Waals surface area contributed by atoms with Gasteiger partial charge in [0.2, 0.25) is 5.91 Å². The predicted molar refractivity (Wildman–Crippen MR) is 254 cm³/mol. The van der Waals surface area contributed by atoms with Crippen LogP contribution in [0, 0.1) is 0 Å². The lowest BCUT2D eigenvalue weighted by Crippen LogP contribution is -2.66. The zero-order valence-electron chi connectivity index (χ0n) is 41.0. The van der Waals surface area contributed by atoms with Crippen molar-refractivity contribution in [3.63, 3.8) is 0 Å². The first-order chi connectivity index (χ1) is 33.3. The van der Waals surface area contributed by atoms with E-state index in [1.807, 2.05) is 6.08 Å². The second-order valence-electron chi connectivity index (χ2n) is 18.6. The van der Waals surface area contributed by atoms with E-state index in [9.17, 15) is 61.0 Å².